The van der Waals surface area contributed by atoms with Crippen molar-refractivity contribution in [2.24, 2.45) is 40.9 Å². The highest BCUT2D eigenvalue weighted by Crippen LogP contribution is 2.19. The maximum absolute atomic E-state index is 14.4. The zero-order chi connectivity index (χ0) is 56.0. The number of aliphatic hydroxyl groups excluding tert-OH is 1. The summed E-state index contributed by atoms with van der Waals surface area (Å²) in [6, 6.07) is 0.427. The van der Waals surface area contributed by atoms with Crippen molar-refractivity contribution in [3.8, 4) is 0 Å². The number of carbonyl (C=O) groups excluding carboxylic acids is 9. The second-order valence-electron chi connectivity index (χ2n) is 21.1. The van der Waals surface area contributed by atoms with E-state index < -0.39 is 107 Å². The van der Waals surface area contributed by atoms with Crippen molar-refractivity contribution >= 4 is 53.0 Å². The molecule has 0 saturated carbocycles. The van der Waals surface area contributed by atoms with Crippen LogP contribution in [0.4, 0.5) is 0 Å². The molecule has 1 fully saturated rings. The van der Waals surface area contributed by atoms with E-state index in [1.165, 1.54) is 0 Å². The Morgan fingerprint density at radius 3 is 1.75 bits per heavy atom. The third kappa shape index (κ3) is 25.3. The van der Waals surface area contributed by atoms with E-state index in [1.807, 2.05) is 34.6 Å². The van der Waals surface area contributed by atoms with Crippen molar-refractivity contribution in [1.82, 2.24) is 42.5 Å². The van der Waals surface area contributed by atoms with Crippen LogP contribution in [0.1, 0.15) is 150 Å². The number of carbonyl (C=O) groups is 9. The minimum Gasteiger partial charge on any atom is -0.393 e. The van der Waals surface area contributed by atoms with Crippen LogP contribution in [0.5, 0.6) is 0 Å². The monoisotopic (exact) mass is 1060 g/mol. The van der Waals surface area contributed by atoms with Gasteiger partial charge in [0.25, 0.3) is 0 Å². The maximum atomic E-state index is 14.4. The average Bonchev–Trinajstić information content (AvgIpc) is 3.35. The summed E-state index contributed by atoms with van der Waals surface area (Å²) in [4.78, 5) is 127. The van der Waals surface area contributed by atoms with Crippen LogP contribution < -0.4 is 59.7 Å². The Hall–Kier alpha value is -5.51. The summed E-state index contributed by atoms with van der Waals surface area (Å²) >= 11 is 0. The molecule has 1 aromatic carbocycles. The van der Waals surface area contributed by atoms with Gasteiger partial charge in [0, 0.05) is 18.9 Å². The van der Waals surface area contributed by atoms with Gasteiger partial charge in [-0.05, 0) is 101 Å². The zero-order valence-corrected chi connectivity index (χ0v) is 45.8. The Morgan fingerprint density at radius 1 is 0.653 bits per heavy atom. The predicted octanol–water partition coefficient (Wildman–Crippen LogP) is 1.01. The fourth-order valence-electron chi connectivity index (χ4n) is 8.88. The third-order valence-corrected chi connectivity index (χ3v) is 13.4. The van der Waals surface area contributed by atoms with E-state index in [4.69, 9.17) is 17.2 Å². The summed E-state index contributed by atoms with van der Waals surface area (Å²) < 4.78 is 0. The van der Waals surface area contributed by atoms with Crippen LogP contribution in [-0.4, -0.2) is 133 Å². The molecule has 15 N–H and O–H groups in total. The lowest BCUT2D eigenvalue weighted by molar-refractivity contribution is -0.136. The predicted molar refractivity (Wildman–Crippen MR) is 288 cm³/mol. The molecule has 2 rings (SSSR count). The number of ketones is 1. The standard InChI is InChI=1S/C54H93N11O10/c1-8-15-39-50(71)65-45(29-34(5)6)49(70)58-27-23-43(63-51(72)40(20-24-55)59-47(68)32-38(66)19-14-13-16-35(7)9-2)54(75)62-42(22-26-57)53(74)64-44(28-33(3)4)46(67)31-37(30-36-17-11-10-12-18-36)48(69)60-41(21-25-56)52(73)61-39/h10-12,17-18,33-35,37-45,66H,8-9,13-16,19-32,55-57H2,1-7H3,(H,58,70)(H,59,68)(H,60,69)(H,61,73)(H,62,75)(H,63,72)(H,64,74)(H,65,71)/t35?,37-,38-,39+,40-,41+,42+,43+,44-,45+/m1/s1. The van der Waals surface area contributed by atoms with Crippen molar-refractivity contribution in [2.45, 2.75) is 200 Å². The first-order valence-electron chi connectivity index (χ1n) is 27.4. The lowest BCUT2D eigenvalue weighted by Crippen LogP contribution is -2.59. The van der Waals surface area contributed by atoms with Crippen molar-refractivity contribution in [1.29, 1.82) is 0 Å². The summed E-state index contributed by atoms with van der Waals surface area (Å²) in [5.41, 5.74) is 18.5. The summed E-state index contributed by atoms with van der Waals surface area (Å²) in [6.45, 7) is 13.2. The van der Waals surface area contributed by atoms with Crippen molar-refractivity contribution < 1.29 is 48.3 Å². The van der Waals surface area contributed by atoms with Crippen LogP contribution in [0.15, 0.2) is 30.3 Å². The Morgan fingerprint density at radius 2 is 1.19 bits per heavy atom. The molecule has 1 unspecified atom stereocenters. The normalized spacial score (nSPS) is 23.4. The van der Waals surface area contributed by atoms with Crippen LogP contribution >= 0.6 is 0 Å². The number of nitrogens with one attached hydrogen (secondary N) is 8. The molecule has 0 aliphatic carbocycles. The number of hydrogen-bond donors (Lipinski definition) is 12. The molecule has 1 heterocycles. The van der Waals surface area contributed by atoms with E-state index in [0.29, 0.717) is 18.8 Å². The number of Topliss-reactive ketones (excluding diaryl/α,β-unsaturated/α-hetero) is 1. The van der Waals surface area contributed by atoms with Gasteiger partial charge in [-0.2, -0.15) is 0 Å². The average molecular weight is 1060 g/mol. The molecule has 21 nitrogen and oxygen atoms in total. The zero-order valence-electron chi connectivity index (χ0n) is 45.8. The van der Waals surface area contributed by atoms with Crippen LogP contribution in [-0.2, 0) is 49.6 Å². The molecule has 0 aromatic heterocycles. The first-order chi connectivity index (χ1) is 35.7. The van der Waals surface area contributed by atoms with Gasteiger partial charge in [0.05, 0.1) is 18.6 Å². The second kappa shape index (κ2) is 35.7. The smallest absolute Gasteiger partial charge is 0.243 e. The van der Waals surface area contributed by atoms with Gasteiger partial charge >= 0.3 is 0 Å². The van der Waals surface area contributed by atoms with Crippen LogP contribution in [0, 0.1) is 23.7 Å². The van der Waals surface area contributed by atoms with Crippen LogP contribution in [0.2, 0.25) is 0 Å². The molecule has 21 heteroatoms. The first-order valence-corrected chi connectivity index (χ1v) is 27.4. The SMILES string of the molecule is CCC[C@@H]1NC(=O)[C@H](CCN)NC(=O)[C@H](Cc2ccccc2)CC(=O)[C@@H](CC(C)C)NC(=O)[C@H](CCN)NC(=O)[C@@H](NC(=O)[C@@H](CCN)NC(=O)C[C@H](O)CCCCC(C)CC)CCNC(=O)[C@H](CC(C)C)NC1=O. The number of unbranched alkanes of at least 4 members (excludes halogenated alkanes) is 1. The van der Waals surface area contributed by atoms with E-state index in [2.05, 4.69) is 56.4 Å². The van der Waals surface area contributed by atoms with Gasteiger partial charge in [-0.3, -0.25) is 43.2 Å². The molecule has 424 valence electrons. The van der Waals surface area contributed by atoms with Gasteiger partial charge in [0.1, 0.15) is 36.3 Å². The van der Waals surface area contributed by atoms with Gasteiger partial charge in [-0.25, -0.2) is 0 Å². The number of benzene rings is 1. The molecule has 1 saturated heterocycles. The Kier molecular flexibility index (Phi) is 31.2. The molecule has 0 spiro atoms. The quantitative estimate of drug-likeness (QED) is 0.0610. The summed E-state index contributed by atoms with van der Waals surface area (Å²) in [5, 5.41) is 32.5. The van der Waals surface area contributed by atoms with E-state index in [1.54, 1.807) is 30.3 Å². The fraction of sp³-hybridized carbons (Fsp3) is 0.722. The number of rotatable bonds is 25. The molecule has 10 atom stereocenters. The Balaban J connectivity index is 2.66. The topological polar surface area (TPSA) is 348 Å². The lowest BCUT2D eigenvalue weighted by Gasteiger charge is -2.28. The van der Waals surface area contributed by atoms with Gasteiger partial charge in [0.15, 0.2) is 5.78 Å². The third-order valence-electron chi connectivity index (χ3n) is 13.4. The van der Waals surface area contributed by atoms with E-state index in [9.17, 15) is 48.3 Å². The number of amides is 8. The van der Waals surface area contributed by atoms with Gasteiger partial charge in [0.2, 0.25) is 47.3 Å². The molecule has 75 heavy (non-hydrogen) atoms. The van der Waals surface area contributed by atoms with Gasteiger partial charge < -0.3 is 64.8 Å². The highest BCUT2D eigenvalue weighted by atomic mass is 16.3. The van der Waals surface area contributed by atoms with Gasteiger partial charge in [-0.15, -0.1) is 0 Å². The van der Waals surface area contributed by atoms with Crippen molar-refractivity contribution in [2.75, 3.05) is 26.2 Å². The van der Waals surface area contributed by atoms with E-state index in [-0.39, 0.29) is 102 Å². The first kappa shape index (κ1) is 65.6. The largest absolute Gasteiger partial charge is 0.393 e. The summed E-state index contributed by atoms with van der Waals surface area (Å²) in [7, 11) is 0. The molecule has 0 bridgehead atoms. The van der Waals surface area contributed by atoms with E-state index >= 15 is 0 Å². The highest BCUT2D eigenvalue weighted by Gasteiger charge is 2.36. The van der Waals surface area contributed by atoms with Gasteiger partial charge in [-0.1, -0.05) is 111 Å². The Labute approximate surface area is 445 Å². The van der Waals surface area contributed by atoms with Crippen LogP contribution in [0.3, 0.4) is 0 Å². The minimum absolute atomic E-state index is 0.00453. The Bertz CT molecular complexity index is 1960. The fourth-order valence-corrected chi connectivity index (χ4v) is 8.88. The number of nitrogens with two attached hydrogens (primary N) is 3. The summed E-state index contributed by atoms with van der Waals surface area (Å²) in [5.74, 6) is -6.77. The maximum Gasteiger partial charge on any atom is 0.243 e. The lowest BCUT2D eigenvalue weighted by atomic mass is 9.88. The molecule has 1 aromatic rings. The molecular weight excluding hydrogens is 963 g/mol. The summed E-state index contributed by atoms with van der Waals surface area (Å²) in [6.07, 6.45) is 3.21. The number of hydrogen-bond acceptors (Lipinski definition) is 13. The van der Waals surface area contributed by atoms with Crippen molar-refractivity contribution in [3.63, 3.8) is 0 Å². The minimum atomic E-state index is -1.44. The highest BCUT2D eigenvalue weighted by molar-refractivity contribution is 5.98. The molecule has 1 aliphatic heterocycles. The number of aliphatic hydroxyl groups is 1. The van der Waals surface area contributed by atoms with Crippen molar-refractivity contribution in [3.05, 3.63) is 35.9 Å². The molecular formula is C54H93N11O10. The van der Waals surface area contributed by atoms with Crippen LogP contribution in [0.25, 0.3) is 0 Å². The molecule has 8 amide bonds. The molecule has 1 aliphatic rings. The second-order valence-corrected chi connectivity index (χ2v) is 21.1. The van der Waals surface area contributed by atoms with E-state index in [0.717, 1.165) is 31.2 Å². The molecule has 0 radical (unpaired) electrons.